The van der Waals surface area contributed by atoms with Gasteiger partial charge in [-0.2, -0.15) is 0 Å². The Balaban J connectivity index is 2.49. The van der Waals surface area contributed by atoms with Gasteiger partial charge >= 0.3 is 5.97 Å². The summed E-state index contributed by atoms with van der Waals surface area (Å²) in [6, 6.07) is 8.08. The second-order valence-electron chi connectivity index (χ2n) is 4.20. The first-order valence-corrected chi connectivity index (χ1v) is 6.79. The van der Waals surface area contributed by atoms with Crippen LogP contribution in [-0.4, -0.2) is 25.7 Å². The molecule has 0 bridgehead atoms. The summed E-state index contributed by atoms with van der Waals surface area (Å²) in [5.74, 6) is 0.724. The van der Waals surface area contributed by atoms with Gasteiger partial charge < -0.3 is 14.8 Å². The zero-order valence-corrected chi connectivity index (χ0v) is 11.9. The van der Waals surface area contributed by atoms with Crippen molar-refractivity contribution in [2.75, 3.05) is 19.8 Å². The van der Waals surface area contributed by atoms with E-state index in [9.17, 15) is 4.79 Å². The van der Waals surface area contributed by atoms with Crippen LogP contribution in [-0.2, 0) is 9.53 Å². The molecule has 1 aromatic carbocycles. The van der Waals surface area contributed by atoms with Gasteiger partial charge in [0.05, 0.1) is 19.6 Å². The van der Waals surface area contributed by atoms with E-state index in [0.717, 1.165) is 11.3 Å². The van der Waals surface area contributed by atoms with E-state index in [2.05, 4.69) is 12.2 Å². The number of nitrogens with one attached hydrogen (secondary N) is 1. The predicted octanol–water partition coefficient (Wildman–Crippen LogP) is 2.69. The first-order valence-electron chi connectivity index (χ1n) is 6.79. The highest BCUT2D eigenvalue weighted by molar-refractivity contribution is 5.69. The fraction of sp³-hybridized carbons (Fsp3) is 0.533. The summed E-state index contributed by atoms with van der Waals surface area (Å²) in [5.41, 5.74) is 1.10. The normalized spacial score (nSPS) is 11.9. The third-order valence-electron chi connectivity index (χ3n) is 2.77. The lowest BCUT2D eigenvalue weighted by Crippen LogP contribution is -2.23. The third kappa shape index (κ3) is 5.30. The number of hydrogen-bond acceptors (Lipinski definition) is 4. The summed E-state index contributed by atoms with van der Waals surface area (Å²) < 4.78 is 10.5. The van der Waals surface area contributed by atoms with E-state index in [1.807, 2.05) is 38.1 Å². The summed E-state index contributed by atoms with van der Waals surface area (Å²) >= 11 is 0. The van der Waals surface area contributed by atoms with E-state index >= 15 is 0 Å². The number of para-hydroxylation sites is 1. The van der Waals surface area contributed by atoms with Crippen LogP contribution in [0, 0.1) is 0 Å². The van der Waals surface area contributed by atoms with Crippen molar-refractivity contribution in [1.29, 1.82) is 0 Å². The maximum absolute atomic E-state index is 11.2. The molecule has 0 aromatic heterocycles. The molecule has 0 aliphatic rings. The second-order valence-corrected chi connectivity index (χ2v) is 4.20. The molecular weight excluding hydrogens is 242 g/mol. The standard InChI is InChI=1S/C15H23NO3/c1-4-18-14-9-7-6-8-13(14)12(3)16-11-10-15(17)19-5-2/h6-9,12,16H,4-5,10-11H2,1-3H3. The largest absolute Gasteiger partial charge is 0.494 e. The zero-order chi connectivity index (χ0) is 14.1. The molecule has 1 N–H and O–H groups in total. The maximum atomic E-state index is 11.2. The number of carbonyl (C=O) groups excluding carboxylic acids is 1. The molecule has 0 aliphatic carbocycles. The van der Waals surface area contributed by atoms with Gasteiger partial charge in [-0.15, -0.1) is 0 Å². The Morgan fingerprint density at radius 1 is 1.26 bits per heavy atom. The minimum absolute atomic E-state index is 0.136. The molecule has 4 heteroatoms. The van der Waals surface area contributed by atoms with Gasteiger partial charge in [-0.25, -0.2) is 0 Å². The molecule has 0 spiro atoms. The molecule has 0 heterocycles. The summed E-state index contributed by atoms with van der Waals surface area (Å²) in [5, 5.41) is 3.31. The lowest BCUT2D eigenvalue weighted by molar-refractivity contribution is -0.143. The van der Waals surface area contributed by atoms with Crippen LogP contribution in [0.3, 0.4) is 0 Å². The van der Waals surface area contributed by atoms with Crippen molar-refractivity contribution in [2.24, 2.45) is 0 Å². The van der Waals surface area contributed by atoms with E-state index in [-0.39, 0.29) is 12.0 Å². The van der Waals surface area contributed by atoms with Crippen LogP contribution in [0.1, 0.15) is 38.8 Å². The van der Waals surface area contributed by atoms with Crippen LogP contribution in [0.15, 0.2) is 24.3 Å². The van der Waals surface area contributed by atoms with Crippen LogP contribution in [0.5, 0.6) is 5.75 Å². The Morgan fingerprint density at radius 2 is 2.00 bits per heavy atom. The van der Waals surface area contributed by atoms with E-state index < -0.39 is 0 Å². The van der Waals surface area contributed by atoms with Crippen molar-refractivity contribution in [3.8, 4) is 5.75 Å². The summed E-state index contributed by atoms with van der Waals surface area (Å²) in [7, 11) is 0. The molecule has 0 saturated carbocycles. The number of benzene rings is 1. The van der Waals surface area contributed by atoms with Crippen molar-refractivity contribution in [1.82, 2.24) is 5.32 Å². The second kappa shape index (κ2) is 8.53. The van der Waals surface area contributed by atoms with Gasteiger partial charge in [0, 0.05) is 18.2 Å². The van der Waals surface area contributed by atoms with Crippen LogP contribution in [0.4, 0.5) is 0 Å². The molecule has 1 aromatic rings. The summed E-state index contributed by atoms with van der Waals surface area (Å²) in [6.07, 6.45) is 0.384. The average Bonchev–Trinajstić information content (AvgIpc) is 2.40. The van der Waals surface area contributed by atoms with Crippen molar-refractivity contribution in [3.63, 3.8) is 0 Å². The number of esters is 1. The van der Waals surface area contributed by atoms with Crippen molar-refractivity contribution in [2.45, 2.75) is 33.2 Å². The topological polar surface area (TPSA) is 47.6 Å². The van der Waals surface area contributed by atoms with E-state index in [0.29, 0.717) is 26.2 Å². The van der Waals surface area contributed by atoms with E-state index in [1.165, 1.54) is 0 Å². The Labute approximate surface area is 115 Å². The van der Waals surface area contributed by atoms with Gasteiger partial charge in [-0.1, -0.05) is 18.2 Å². The maximum Gasteiger partial charge on any atom is 0.307 e. The Bertz CT molecular complexity index is 393. The summed E-state index contributed by atoms with van der Waals surface area (Å²) in [6.45, 7) is 7.51. The van der Waals surface area contributed by atoms with Crippen LogP contribution < -0.4 is 10.1 Å². The minimum atomic E-state index is -0.166. The highest BCUT2D eigenvalue weighted by atomic mass is 16.5. The smallest absolute Gasteiger partial charge is 0.307 e. The minimum Gasteiger partial charge on any atom is -0.494 e. The lowest BCUT2D eigenvalue weighted by atomic mass is 10.1. The third-order valence-corrected chi connectivity index (χ3v) is 2.77. The monoisotopic (exact) mass is 265 g/mol. The molecule has 19 heavy (non-hydrogen) atoms. The van der Waals surface area contributed by atoms with E-state index in [4.69, 9.17) is 9.47 Å². The molecule has 1 unspecified atom stereocenters. The Morgan fingerprint density at radius 3 is 2.68 bits per heavy atom. The van der Waals surface area contributed by atoms with Gasteiger partial charge in [0.15, 0.2) is 0 Å². The summed E-state index contributed by atoms with van der Waals surface area (Å²) in [4.78, 5) is 11.2. The SMILES string of the molecule is CCOC(=O)CCNC(C)c1ccccc1OCC. The molecule has 106 valence electrons. The first kappa shape index (κ1) is 15.5. The molecule has 0 aliphatic heterocycles. The zero-order valence-electron chi connectivity index (χ0n) is 11.9. The van der Waals surface area contributed by atoms with Gasteiger partial charge in [0.1, 0.15) is 5.75 Å². The molecule has 1 rings (SSSR count). The highest BCUT2D eigenvalue weighted by Gasteiger charge is 2.11. The molecule has 4 nitrogen and oxygen atoms in total. The first-order chi connectivity index (χ1) is 9.19. The molecule has 1 atom stereocenters. The number of hydrogen-bond donors (Lipinski definition) is 1. The van der Waals surface area contributed by atoms with Crippen molar-refractivity contribution >= 4 is 5.97 Å². The number of rotatable bonds is 8. The van der Waals surface area contributed by atoms with Gasteiger partial charge in [0.2, 0.25) is 0 Å². The van der Waals surface area contributed by atoms with Crippen LogP contribution in [0.25, 0.3) is 0 Å². The Kier molecular flexibility index (Phi) is 6.97. The van der Waals surface area contributed by atoms with Crippen LogP contribution in [0.2, 0.25) is 0 Å². The van der Waals surface area contributed by atoms with Gasteiger partial charge in [-0.3, -0.25) is 4.79 Å². The molecule has 0 fully saturated rings. The van der Waals surface area contributed by atoms with Gasteiger partial charge in [-0.05, 0) is 26.8 Å². The van der Waals surface area contributed by atoms with Crippen LogP contribution >= 0.6 is 0 Å². The molecule has 0 saturated heterocycles. The molecule has 0 amide bonds. The molecule has 0 radical (unpaired) electrons. The number of carbonyl (C=O) groups is 1. The van der Waals surface area contributed by atoms with E-state index in [1.54, 1.807) is 0 Å². The lowest BCUT2D eigenvalue weighted by Gasteiger charge is -2.17. The molecular formula is C15H23NO3. The fourth-order valence-electron chi connectivity index (χ4n) is 1.86. The van der Waals surface area contributed by atoms with Crippen molar-refractivity contribution in [3.05, 3.63) is 29.8 Å². The Hall–Kier alpha value is -1.55. The highest BCUT2D eigenvalue weighted by Crippen LogP contribution is 2.24. The van der Waals surface area contributed by atoms with Crippen molar-refractivity contribution < 1.29 is 14.3 Å². The average molecular weight is 265 g/mol. The predicted molar refractivity (Wildman–Crippen MR) is 75.3 cm³/mol. The quantitative estimate of drug-likeness (QED) is 0.734. The van der Waals surface area contributed by atoms with Gasteiger partial charge in [0.25, 0.3) is 0 Å². The fourth-order valence-corrected chi connectivity index (χ4v) is 1.86. The number of ether oxygens (including phenoxy) is 2.